The van der Waals surface area contributed by atoms with Crippen molar-refractivity contribution >= 4 is 7.74 Å². The summed E-state index contributed by atoms with van der Waals surface area (Å²) >= 11 is -3.18. The van der Waals surface area contributed by atoms with Crippen LogP contribution in [0.25, 0.3) is 0 Å². The Bertz CT molecular complexity index is 663. The molecule has 1 aliphatic rings. The van der Waals surface area contributed by atoms with E-state index in [0.717, 1.165) is 24.3 Å². The van der Waals surface area contributed by atoms with Crippen LogP contribution in [0.2, 0.25) is 4.22 Å². The number of halogens is 4. The van der Waals surface area contributed by atoms with Crippen LogP contribution >= 0.6 is 0 Å². The number of hydrogen-bond donors (Lipinski definition) is 0. The monoisotopic (exact) mass is 339 g/mol. The van der Waals surface area contributed by atoms with Gasteiger partial charge >= 0.3 is 131 Å². The van der Waals surface area contributed by atoms with Crippen LogP contribution in [0.5, 0.6) is 0 Å². The topological polar surface area (TPSA) is 0 Å². The van der Waals surface area contributed by atoms with Gasteiger partial charge in [-0.1, -0.05) is 0 Å². The van der Waals surface area contributed by atoms with Crippen LogP contribution in [0.3, 0.4) is 0 Å². The van der Waals surface area contributed by atoms with Crippen molar-refractivity contribution in [2.45, 2.75) is 4.22 Å². The Labute approximate surface area is 131 Å². The summed E-state index contributed by atoms with van der Waals surface area (Å²) in [6, 6.07) is 7.03. The Morgan fingerprint density at radius 3 is 1.36 bits per heavy atom. The van der Waals surface area contributed by atoms with Crippen LogP contribution in [0.15, 0.2) is 60.7 Å². The quantitative estimate of drug-likeness (QED) is 0.591. The van der Waals surface area contributed by atoms with E-state index in [1.54, 1.807) is 24.3 Å². The van der Waals surface area contributed by atoms with Crippen molar-refractivity contribution in [2.24, 2.45) is 0 Å². The maximum absolute atomic E-state index is 14.2. The summed E-state index contributed by atoms with van der Waals surface area (Å²) in [5.74, 6) is -2.98. The normalized spacial score (nSPS) is 13.8. The molecule has 0 N–H and O–H groups in total. The SMILES string of the molecule is Fc1cccc(F)[c]1[Ti]([c]1c(F)cccc1F)[CH]1C=CC=C1. The van der Waals surface area contributed by atoms with E-state index in [2.05, 4.69) is 0 Å². The van der Waals surface area contributed by atoms with E-state index in [1.165, 1.54) is 12.1 Å². The second-order valence-corrected chi connectivity index (χ2v) is 8.80. The molecule has 0 aliphatic heterocycles. The van der Waals surface area contributed by atoms with Gasteiger partial charge in [-0.25, -0.2) is 0 Å². The first-order chi connectivity index (χ1) is 10.6. The van der Waals surface area contributed by atoms with Gasteiger partial charge in [-0.3, -0.25) is 0 Å². The molecule has 0 fully saturated rings. The minimum atomic E-state index is -3.18. The average Bonchev–Trinajstić information content (AvgIpc) is 2.98. The summed E-state index contributed by atoms with van der Waals surface area (Å²) in [5, 5.41) is 0. The first-order valence-electron chi connectivity index (χ1n) is 6.70. The fourth-order valence-corrected chi connectivity index (χ4v) is 7.10. The summed E-state index contributed by atoms with van der Waals surface area (Å²) in [6.45, 7) is 0. The van der Waals surface area contributed by atoms with Gasteiger partial charge in [0.2, 0.25) is 0 Å². The van der Waals surface area contributed by atoms with Crippen LogP contribution in [-0.2, 0) is 17.9 Å². The van der Waals surface area contributed by atoms with Crippen molar-refractivity contribution in [3.8, 4) is 0 Å². The number of allylic oxidation sites excluding steroid dienone is 4. The fraction of sp³-hybridized carbons (Fsp3) is 0.0588. The average molecular weight is 339 g/mol. The molecule has 2 aromatic rings. The van der Waals surface area contributed by atoms with Gasteiger partial charge in [0.1, 0.15) is 0 Å². The van der Waals surface area contributed by atoms with Crippen molar-refractivity contribution in [3.05, 3.63) is 84.0 Å². The van der Waals surface area contributed by atoms with E-state index in [4.69, 9.17) is 0 Å². The predicted octanol–water partition coefficient (Wildman–Crippen LogP) is 3.73. The van der Waals surface area contributed by atoms with Crippen molar-refractivity contribution in [2.75, 3.05) is 0 Å². The van der Waals surface area contributed by atoms with E-state index in [-0.39, 0.29) is 12.0 Å². The summed E-state index contributed by atoms with van der Waals surface area (Å²) in [4.78, 5) is 0. The van der Waals surface area contributed by atoms with Gasteiger partial charge in [-0.2, -0.15) is 0 Å². The van der Waals surface area contributed by atoms with Gasteiger partial charge in [0.25, 0.3) is 0 Å². The Morgan fingerprint density at radius 2 is 1.00 bits per heavy atom. The molecule has 5 heteroatoms. The molecule has 0 radical (unpaired) electrons. The Morgan fingerprint density at radius 1 is 0.636 bits per heavy atom. The van der Waals surface area contributed by atoms with Crippen LogP contribution in [0.4, 0.5) is 17.6 Å². The Hall–Kier alpha value is -1.65. The third-order valence-corrected chi connectivity index (χ3v) is 8.36. The first kappa shape index (κ1) is 15.3. The van der Waals surface area contributed by atoms with E-state index < -0.39 is 41.1 Å². The molecule has 0 saturated carbocycles. The molecule has 1 aliphatic carbocycles. The van der Waals surface area contributed by atoms with Gasteiger partial charge in [0.05, 0.1) is 0 Å². The molecule has 2 aromatic carbocycles. The van der Waals surface area contributed by atoms with Gasteiger partial charge in [0.15, 0.2) is 0 Å². The molecule has 0 nitrogen and oxygen atoms in total. The number of rotatable bonds is 3. The third kappa shape index (κ3) is 2.69. The van der Waals surface area contributed by atoms with Gasteiger partial charge < -0.3 is 0 Å². The number of benzene rings is 2. The molecular formula is C17H11F4Ti. The number of hydrogen-bond acceptors (Lipinski definition) is 0. The van der Waals surface area contributed by atoms with Crippen LogP contribution in [0.1, 0.15) is 0 Å². The molecule has 0 aromatic heterocycles. The van der Waals surface area contributed by atoms with E-state index >= 15 is 0 Å². The van der Waals surface area contributed by atoms with Crippen LogP contribution in [0, 0.1) is 23.3 Å². The minimum absolute atomic E-state index is 0.160. The van der Waals surface area contributed by atoms with Crippen LogP contribution in [-0.4, -0.2) is 0 Å². The van der Waals surface area contributed by atoms with Crippen molar-refractivity contribution in [1.29, 1.82) is 0 Å². The molecule has 3 rings (SSSR count). The molecule has 22 heavy (non-hydrogen) atoms. The molecule has 0 bridgehead atoms. The maximum atomic E-state index is 14.2. The zero-order valence-electron chi connectivity index (χ0n) is 11.4. The van der Waals surface area contributed by atoms with Gasteiger partial charge in [0, 0.05) is 0 Å². The third-order valence-electron chi connectivity index (χ3n) is 3.55. The first-order valence-corrected chi connectivity index (χ1v) is 9.16. The van der Waals surface area contributed by atoms with Crippen molar-refractivity contribution in [3.63, 3.8) is 0 Å². The molecular weight excluding hydrogens is 328 g/mol. The Kier molecular flexibility index (Phi) is 4.32. The fourth-order valence-electron chi connectivity index (χ4n) is 2.59. The second-order valence-electron chi connectivity index (χ2n) is 4.90. The van der Waals surface area contributed by atoms with E-state index in [9.17, 15) is 17.6 Å². The zero-order valence-corrected chi connectivity index (χ0v) is 12.9. The molecule has 0 atom stereocenters. The second kappa shape index (κ2) is 6.23. The van der Waals surface area contributed by atoms with Gasteiger partial charge in [-0.15, -0.1) is 0 Å². The molecule has 0 spiro atoms. The molecule has 0 heterocycles. The van der Waals surface area contributed by atoms with Gasteiger partial charge in [-0.05, 0) is 0 Å². The molecule has 0 amide bonds. The predicted molar refractivity (Wildman–Crippen MR) is 74.0 cm³/mol. The van der Waals surface area contributed by atoms with Crippen LogP contribution < -0.4 is 7.74 Å². The standard InChI is InChI=1S/2C6H3F2.C5H5.Ti/c2*7-5-2-1-3-6(8)4-5;1-2-4-5-3-1;/h2*1-3H;1-5H;. The summed E-state index contributed by atoms with van der Waals surface area (Å²) in [6.07, 6.45) is 6.95. The Balaban J connectivity index is 2.25. The molecule has 111 valence electrons. The summed E-state index contributed by atoms with van der Waals surface area (Å²) in [5.41, 5.74) is 0. The van der Waals surface area contributed by atoms with E-state index in [0.29, 0.717) is 0 Å². The molecule has 0 saturated heterocycles. The summed E-state index contributed by atoms with van der Waals surface area (Å²) < 4.78 is 56.2. The molecule has 0 unspecified atom stereocenters. The summed E-state index contributed by atoms with van der Waals surface area (Å²) in [7, 11) is 0. The van der Waals surface area contributed by atoms with Crippen molar-refractivity contribution in [1.82, 2.24) is 0 Å². The van der Waals surface area contributed by atoms with Crippen molar-refractivity contribution < 1.29 is 35.4 Å². The zero-order chi connectivity index (χ0) is 15.7. The van der Waals surface area contributed by atoms with E-state index in [1.807, 2.05) is 0 Å².